The lowest BCUT2D eigenvalue weighted by atomic mass is 9.98. The molecule has 0 spiro atoms. The predicted molar refractivity (Wildman–Crippen MR) is 75.2 cm³/mol. The van der Waals surface area contributed by atoms with Gasteiger partial charge in [0.15, 0.2) is 0 Å². The Morgan fingerprint density at radius 2 is 1.82 bits per heavy atom. The Labute approximate surface area is 110 Å². The molecule has 0 saturated heterocycles. The first-order valence-corrected chi connectivity index (χ1v) is 6.52. The van der Waals surface area contributed by atoms with Crippen molar-refractivity contribution in [3.8, 4) is 5.75 Å². The standard InChI is InChI=1S/C14H22O2S/c1-14(2,11-17)10-16-13-6-4-12(5-7-13)8-9-15-3/h4-7,17H,8-11H2,1-3H3. The third-order valence-corrected chi connectivity index (χ3v) is 3.43. The molecule has 17 heavy (non-hydrogen) atoms. The van der Waals surface area contributed by atoms with Crippen LogP contribution in [0.3, 0.4) is 0 Å². The Kier molecular flexibility index (Phi) is 5.86. The van der Waals surface area contributed by atoms with Crippen LogP contribution >= 0.6 is 12.6 Å². The number of hydrogen-bond donors (Lipinski definition) is 1. The predicted octanol–water partition coefficient (Wildman–Crippen LogP) is 3.21. The third-order valence-electron chi connectivity index (χ3n) is 2.58. The van der Waals surface area contributed by atoms with Crippen molar-refractivity contribution >= 4 is 12.6 Å². The number of thiol groups is 1. The fraction of sp³-hybridized carbons (Fsp3) is 0.571. The van der Waals surface area contributed by atoms with Gasteiger partial charge in [-0.25, -0.2) is 0 Å². The molecule has 0 bridgehead atoms. The highest BCUT2D eigenvalue weighted by atomic mass is 32.1. The highest BCUT2D eigenvalue weighted by molar-refractivity contribution is 7.80. The van der Waals surface area contributed by atoms with E-state index in [9.17, 15) is 0 Å². The normalized spacial score (nSPS) is 11.5. The number of rotatable bonds is 7. The van der Waals surface area contributed by atoms with Crippen LogP contribution < -0.4 is 4.74 Å². The van der Waals surface area contributed by atoms with Gasteiger partial charge in [-0.05, 0) is 29.9 Å². The van der Waals surface area contributed by atoms with Crippen LogP contribution in [0.5, 0.6) is 5.75 Å². The maximum absolute atomic E-state index is 5.74. The smallest absolute Gasteiger partial charge is 0.119 e. The van der Waals surface area contributed by atoms with Gasteiger partial charge in [0.1, 0.15) is 5.75 Å². The average molecular weight is 254 g/mol. The van der Waals surface area contributed by atoms with Gasteiger partial charge in [-0.1, -0.05) is 26.0 Å². The number of hydrogen-bond acceptors (Lipinski definition) is 3. The number of benzene rings is 1. The topological polar surface area (TPSA) is 18.5 Å². The van der Waals surface area contributed by atoms with Gasteiger partial charge < -0.3 is 9.47 Å². The molecule has 0 aliphatic heterocycles. The van der Waals surface area contributed by atoms with Crippen LogP contribution in [-0.4, -0.2) is 26.1 Å². The molecule has 0 N–H and O–H groups in total. The quantitative estimate of drug-likeness (QED) is 0.753. The molecule has 0 fully saturated rings. The van der Waals surface area contributed by atoms with E-state index in [4.69, 9.17) is 9.47 Å². The fourth-order valence-corrected chi connectivity index (χ4v) is 1.39. The molecule has 3 heteroatoms. The van der Waals surface area contributed by atoms with E-state index in [0.29, 0.717) is 6.61 Å². The second kappa shape index (κ2) is 6.92. The molecule has 1 rings (SSSR count). The second-order valence-corrected chi connectivity index (χ2v) is 5.31. The first-order chi connectivity index (χ1) is 8.07. The summed E-state index contributed by atoms with van der Waals surface area (Å²) in [5.41, 5.74) is 1.38. The third kappa shape index (κ3) is 5.46. The minimum atomic E-state index is 0.109. The zero-order valence-electron chi connectivity index (χ0n) is 10.9. The lowest BCUT2D eigenvalue weighted by Gasteiger charge is -2.22. The Morgan fingerprint density at radius 1 is 1.18 bits per heavy atom. The van der Waals surface area contributed by atoms with Crippen molar-refractivity contribution < 1.29 is 9.47 Å². The Balaban J connectivity index is 2.45. The Morgan fingerprint density at radius 3 is 2.35 bits per heavy atom. The van der Waals surface area contributed by atoms with Crippen molar-refractivity contribution in [3.63, 3.8) is 0 Å². The minimum Gasteiger partial charge on any atom is -0.493 e. The van der Waals surface area contributed by atoms with E-state index in [1.165, 1.54) is 5.56 Å². The van der Waals surface area contributed by atoms with Gasteiger partial charge in [-0.15, -0.1) is 0 Å². The molecule has 0 heterocycles. The first kappa shape index (κ1) is 14.4. The van der Waals surface area contributed by atoms with Crippen molar-refractivity contribution in [2.45, 2.75) is 20.3 Å². The van der Waals surface area contributed by atoms with E-state index in [0.717, 1.165) is 24.5 Å². The summed E-state index contributed by atoms with van der Waals surface area (Å²) in [5.74, 6) is 1.74. The Hall–Kier alpha value is -0.670. The van der Waals surface area contributed by atoms with Crippen LogP contribution in [0.2, 0.25) is 0 Å². The van der Waals surface area contributed by atoms with E-state index in [-0.39, 0.29) is 5.41 Å². The molecule has 0 aromatic heterocycles. The van der Waals surface area contributed by atoms with Gasteiger partial charge in [0.25, 0.3) is 0 Å². The van der Waals surface area contributed by atoms with Crippen molar-refractivity contribution in [1.29, 1.82) is 0 Å². The van der Waals surface area contributed by atoms with Gasteiger partial charge >= 0.3 is 0 Å². The molecule has 1 aromatic carbocycles. The van der Waals surface area contributed by atoms with Crippen molar-refractivity contribution in [3.05, 3.63) is 29.8 Å². The zero-order valence-corrected chi connectivity index (χ0v) is 11.8. The van der Waals surface area contributed by atoms with E-state index in [1.807, 2.05) is 12.1 Å². The molecule has 96 valence electrons. The molecular weight excluding hydrogens is 232 g/mol. The van der Waals surface area contributed by atoms with Gasteiger partial charge in [0.2, 0.25) is 0 Å². The molecule has 0 unspecified atom stereocenters. The molecule has 0 amide bonds. The van der Waals surface area contributed by atoms with Crippen LogP contribution in [0, 0.1) is 5.41 Å². The Bertz CT molecular complexity index is 319. The van der Waals surface area contributed by atoms with Crippen LogP contribution in [0.15, 0.2) is 24.3 Å². The van der Waals surface area contributed by atoms with E-state index in [1.54, 1.807) is 7.11 Å². The first-order valence-electron chi connectivity index (χ1n) is 5.89. The molecular formula is C14H22O2S. The summed E-state index contributed by atoms with van der Waals surface area (Å²) >= 11 is 4.31. The maximum Gasteiger partial charge on any atom is 0.119 e. The molecule has 0 saturated carbocycles. The maximum atomic E-state index is 5.74. The largest absolute Gasteiger partial charge is 0.493 e. The van der Waals surface area contributed by atoms with Gasteiger partial charge in [0, 0.05) is 12.5 Å². The van der Waals surface area contributed by atoms with Gasteiger partial charge in [-0.3, -0.25) is 0 Å². The van der Waals surface area contributed by atoms with E-state index in [2.05, 4.69) is 38.6 Å². The molecule has 0 radical (unpaired) electrons. The summed E-state index contributed by atoms with van der Waals surface area (Å²) in [7, 11) is 1.72. The summed E-state index contributed by atoms with van der Waals surface area (Å²) < 4.78 is 10.8. The molecule has 2 nitrogen and oxygen atoms in total. The summed E-state index contributed by atoms with van der Waals surface area (Å²) in [4.78, 5) is 0. The number of methoxy groups -OCH3 is 1. The number of ether oxygens (including phenoxy) is 2. The summed E-state index contributed by atoms with van der Waals surface area (Å²) in [6, 6.07) is 8.20. The van der Waals surface area contributed by atoms with Crippen LogP contribution in [-0.2, 0) is 11.2 Å². The fourth-order valence-electron chi connectivity index (χ4n) is 1.30. The summed E-state index contributed by atoms with van der Waals surface area (Å²) in [6.07, 6.45) is 0.943. The van der Waals surface area contributed by atoms with E-state index < -0.39 is 0 Å². The van der Waals surface area contributed by atoms with Crippen LogP contribution in [0.4, 0.5) is 0 Å². The summed E-state index contributed by atoms with van der Waals surface area (Å²) in [5, 5.41) is 0. The van der Waals surface area contributed by atoms with Crippen molar-refractivity contribution in [2.75, 3.05) is 26.1 Å². The average Bonchev–Trinajstić information content (AvgIpc) is 2.35. The van der Waals surface area contributed by atoms with Crippen molar-refractivity contribution in [1.82, 2.24) is 0 Å². The van der Waals surface area contributed by atoms with Crippen molar-refractivity contribution in [2.24, 2.45) is 5.41 Å². The zero-order chi connectivity index (χ0) is 12.7. The van der Waals surface area contributed by atoms with Crippen LogP contribution in [0.1, 0.15) is 19.4 Å². The second-order valence-electron chi connectivity index (χ2n) is 5.00. The van der Waals surface area contributed by atoms with E-state index >= 15 is 0 Å². The summed E-state index contributed by atoms with van der Waals surface area (Å²) in [6.45, 7) is 5.74. The lowest BCUT2D eigenvalue weighted by Crippen LogP contribution is -2.23. The lowest BCUT2D eigenvalue weighted by molar-refractivity contribution is 0.200. The molecule has 0 atom stereocenters. The highest BCUT2D eigenvalue weighted by Gasteiger charge is 2.16. The molecule has 1 aromatic rings. The minimum absolute atomic E-state index is 0.109. The molecule has 0 aliphatic rings. The van der Waals surface area contributed by atoms with Gasteiger partial charge in [-0.2, -0.15) is 12.6 Å². The monoisotopic (exact) mass is 254 g/mol. The highest BCUT2D eigenvalue weighted by Crippen LogP contribution is 2.20. The molecule has 0 aliphatic carbocycles. The van der Waals surface area contributed by atoms with Gasteiger partial charge in [0.05, 0.1) is 13.2 Å². The van der Waals surface area contributed by atoms with Crippen LogP contribution in [0.25, 0.3) is 0 Å². The SMILES string of the molecule is COCCc1ccc(OCC(C)(C)CS)cc1.